The lowest BCUT2D eigenvalue weighted by Crippen LogP contribution is -2.46. The summed E-state index contributed by atoms with van der Waals surface area (Å²) in [5.41, 5.74) is 2.36. The zero-order chi connectivity index (χ0) is 15.1. The Bertz CT molecular complexity index is 589. The first-order valence-electron chi connectivity index (χ1n) is 6.00. The number of benzene rings is 1. The van der Waals surface area contributed by atoms with Gasteiger partial charge in [-0.05, 0) is 5.56 Å². The molecule has 2 aromatic rings. The number of aromatic nitrogens is 1. The second kappa shape index (κ2) is 7.25. The van der Waals surface area contributed by atoms with E-state index in [9.17, 15) is 9.59 Å². The average Bonchev–Trinajstić information content (AvgIpc) is 2.98. The van der Waals surface area contributed by atoms with Gasteiger partial charge in [-0.2, -0.15) is 0 Å². The zero-order valence-electron chi connectivity index (χ0n) is 10.9. The predicted octanol–water partition coefficient (Wildman–Crippen LogP) is 1.89. The fourth-order valence-corrected chi connectivity index (χ4v) is 1.97. The number of carbonyl (C=O) groups excluding carboxylic acids is 1. The molecule has 21 heavy (non-hydrogen) atoms. The van der Waals surface area contributed by atoms with Crippen molar-refractivity contribution < 1.29 is 19.4 Å². The number of nitrogens with zero attached hydrogens (tertiary/aromatic N) is 1. The Hall–Kier alpha value is -2.61. The van der Waals surface area contributed by atoms with Gasteiger partial charge in [-0.3, -0.25) is 5.32 Å². The SMILES string of the molecule is O=C(N[C@H](Nc1cscn1)C(=O)O)OCc1ccccc1. The van der Waals surface area contributed by atoms with E-state index in [2.05, 4.69) is 15.6 Å². The van der Waals surface area contributed by atoms with Crippen LogP contribution in [0.1, 0.15) is 5.56 Å². The van der Waals surface area contributed by atoms with Crippen LogP contribution in [0.15, 0.2) is 41.2 Å². The molecular formula is C13H13N3O4S. The normalized spacial score (nSPS) is 11.4. The molecule has 3 N–H and O–H groups in total. The summed E-state index contributed by atoms with van der Waals surface area (Å²) in [7, 11) is 0. The van der Waals surface area contributed by atoms with E-state index in [1.807, 2.05) is 18.2 Å². The highest BCUT2D eigenvalue weighted by molar-refractivity contribution is 7.07. The van der Waals surface area contributed by atoms with Crippen molar-refractivity contribution in [1.29, 1.82) is 0 Å². The summed E-state index contributed by atoms with van der Waals surface area (Å²) in [6, 6.07) is 9.09. The van der Waals surface area contributed by atoms with Crippen LogP contribution in [0.25, 0.3) is 0 Å². The smallest absolute Gasteiger partial charge is 0.409 e. The molecule has 0 saturated carbocycles. The zero-order valence-corrected chi connectivity index (χ0v) is 11.7. The number of hydrogen-bond acceptors (Lipinski definition) is 6. The third-order valence-corrected chi connectivity index (χ3v) is 3.03. The maximum atomic E-state index is 11.6. The summed E-state index contributed by atoms with van der Waals surface area (Å²) in [6.45, 7) is 0.0652. The first-order valence-corrected chi connectivity index (χ1v) is 6.94. The van der Waals surface area contributed by atoms with E-state index in [1.165, 1.54) is 11.3 Å². The molecular weight excluding hydrogens is 294 g/mol. The summed E-state index contributed by atoms with van der Waals surface area (Å²) >= 11 is 1.31. The highest BCUT2D eigenvalue weighted by Crippen LogP contribution is 2.08. The number of anilines is 1. The fourth-order valence-electron chi connectivity index (χ4n) is 1.47. The van der Waals surface area contributed by atoms with Gasteiger partial charge in [0.05, 0.1) is 5.51 Å². The first kappa shape index (κ1) is 14.8. The molecule has 1 atom stereocenters. The minimum Gasteiger partial charge on any atom is -0.478 e. The number of ether oxygens (including phenoxy) is 1. The molecule has 0 bridgehead atoms. The number of hydrogen-bond donors (Lipinski definition) is 3. The van der Waals surface area contributed by atoms with Gasteiger partial charge in [-0.1, -0.05) is 30.3 Å². The Morgan fingerprint density at radius 2 is 2.10 bits per heavy atom. The summed E-state index contributed by atoms with van der Waals surface area (Å²) in [4.78, 5) is 26.6. The van der Waals surface area contributed by atoms with Gasteiger partial charge in [-0.25, -0.2) is 14.6 Å². The van der Waals surface area contributed by atoms with Crippen LogP contribution in [0.4, 0.5) is 10.6 Å². The highest BCUT2D eigenvalue weighted by atomic mass is 32.1. The van der Waals surface area contributed by atoms with Gasteiger partial charge in [0.25, 0.3) is 0 Å². The average molecular weight is 307 g/mol. The van der Waals surface area contributed by atoms with Gasteiger partial charge in [0, 0.05) is 5.38 Å². The lowest BCUT2D eigenvalue weighted by atomic mass is 10.2. The molecule has 7 nitrogen and oxygen atoms in total. The van der Waals surface area contributed by atoms with E-state index < -0.39 is 18.2 Å². The van der Waals surface area contributed by atoms with Gasteiger partial charge < -0.3 is 15.2 Å². The number of alkyl carbamates (subject to hydrolysis) is 1. The molecule has 0 aliphatic carbocycles. The van der Waals surface area contributed by atoms with E-state index in [4.69, 9.17) is 9.84 Å². The summed E-state index contributed by atoms with van der Waals surface area (Å²) in [6.07, 6.45) is -2.13. The van der Waals surface area contributed by atoms with Crippen LogP contribution in [0, 0.1) is 0 Å². The van der Waals surface area contributed by atoms with Crippen LogP contribution in [0.2, 0.25) is 0 Å². The lowest BCUT2D eigenvalue weighted by molar-refractivity contribution is -0.138. The number of carboxylic acids is 1. The first-order chi connectivity index (χ1) is 10.1. The van der Waals surface area contributed by atoms with Gasteiger partial charge >= 0.3 is 12.1 Å². The number of nitrogens with one attached hydrogen (secondary N) is 2. The van der Waals surface area contributed by atoms with Crippen LogP contribution in [0.3, 0.4) is 0 Å². The molecule has 0 saturated heterocycles. The largest absolute Gasteiger partial charge is 0.478 e. The number of carboxylic acid groups (broad SMARTS) is 1. The number of amides is 1. The van der Waals surface area contributed by atoms with Gasteiger partial charge in [0.2, 0.25) is 6.17 Å². The lowest BCUT2D eigenvalue weighted by Gasteiger charge is -2.15. The van der Waals surface area contributed by atoms with Gasteiger partial charge in [0.1, 0.15) is 12.4 Å². The molecule has 1 aromatic carbocycles. The summed E-state index contributed by atoms with van der Waals surface area (Å²) in [5.74, 6) is -0.865. The van der Waals surface area contributed by atoms with Crippen molar-refractivity contribution in [2.24, 2.45) is 0 Å². The Morgan fingerprint density at radius 3 is 2.71 bits per heavy atom. The number of carbonyl (C=O) groups is 2. The van der Waals surface area contributed by atoms with Crippen molar-refractivity contribution in [3.05, 3.63) is 46.8 Å². The quantitative estimate of drug-likeness (QED) is 0.705. The molecule has 110 valence electrons. The minimum atomic E-state index is -1.31. The van der Waals surface area contributed by atoms with E-state index in [0.29, 0.717) is 5.82 Å². The molecule has 1 aromatic heterocycles. The third kappa shape index (κ3) is 4.77. The molecule has 0 radical (unpaired) electrons. The molecule has 0 spiro atoms. The van der Waals surface area contributed by atoms with Gasteiger partial charge in [0.15, 0.2) is 0 Å². The maximum Gasteiger partial charge on any atom is 0.409 e. The van der Waals surface area contributed by atoms with Gasteiger partial charge in [-0.15, -0.1) is 11.3 Å². The van der Waals surface area contributed by atoms with Crippen LogP contribution in [0.5, 0.6) is 0 Å². The van der Waals surface area contributed by atoms with E-state index in [-0.39, 0.29) is 6.61 Å². The second-order valence-electron chi connectivity index (χ2n) is 4.00. The second-order valence-corrected chi connectivity index (χ2v) is 4.71. The molecule has 1 amide bonds. The highest BCUT2D eigenvalue weighted by Gasteiger charge is 2.21. The maximum absolute atomic E-state index is 11.6. The third-order valence-electron chi connectivity index (χ3n) is 2.45. The molecule has 0 fully saturated rings. The van der Waals surface area contributed by atoms with Crippen molar-refractivity contribution in [2.75, 3.05) is 5.32 Å². The van der Waals surface area contributed by atoms with E-state index in [0.717, 1.165) is 5.56 Å². The summed E-state index contributed by atoms with van der Waals surface area (Å²) < 4.78 is 4.96. The van der Waals surface area contributed by atoms with E-state index >= 15 is 0 Å². The van der Waals surface area contributed by atoms with Crippen LogP contribution in [-0.2, 0) is 16.1 Å². The van der Waals surface area contributed by atoms with Crippen LogP contribution in [-0.4, -0.2) is 28.3 Å². The van der Waals surface area contributed by atoms with Crippen molar-refractivity contribution in [3.8, 4) is 0 Å². The standard InChI is InChI=1S/C13H13N3O4S/c17-12(18)11(15-10-7-21-8-14-10)16-13(19)20-6-9-4-2-1-3-5-9/h1-5,7-8,11,15H,6H2,(H,16,19)(H,17,18)/t11-/m0/s1. The number of thiazole rings is 1. The van der Waals surface area contributed by atoms with Crippen LogP contribution >= 0.6 is 11.3 Å². The van der Waals surface area contributed by atoms with Crippen molar-refractivity contribution in [2.45, 2.75) is 12.8 Å². The Balaban J connectivity index is 1.85. The monoisotopic (exact) mass is 307 g/mol. The van der Waals surface area contributed by atoms with Crippen molar-refractivity contribution in [3.63, 3.8) is 0 Å². The molecule has 1 heterocycles. The number of aliphatic carboxylic acids is 1. The fraction of sp³-hybridized carbons (Fsp3) is 0.154. The van der Waals surface area contributed by atoms with Crippen molar-refractivity contribution >= 4 is 29.2 Å². The minimum absolute atomic E-state index is 0.0652. The topological polar surface area (TPSA) is 101 Å². The Kier molecular flexibility index (Phi) is 5.10. The molecule has 0 aliphatic rings. The van der Waals surface area contributed by atoms with Crippen LogP contribution < -0.4 is 10.6 Å². The molecule has 0 unspecified atom stereocenters. The molecule has 2 rings (SSSR count). The number of rotatable bonds is 6. The predicted molar refractivity (Wildman–Crippen MR) is 76.9 cm³/mol. The Morgan fingerprint density at radius 1 is 1.33 bits per heavy atom. The molecule has 0 aliphatic heterocycles. The van der Waals surface area contributed by atoms with Crippen molar-refractivity contribution in [1.82, 2.24) is 10.3 Å². The molecule has 8 heteroatoms. The van der Waals surface area contributed by atoms with E-state index in [1.54, 1.807) is 23.0 Å². The Labute approximate surface area is 124 Å². The summed E-state index contributed by atoms with van der Waals surface area (Å²) in [5, 5.41) is 15.5.